The predicted molar refractivity (Wildman–Crippen MR) is 166 cm³/mol. The molecule has 1 fully saturated rings. The van der Waals surface area contributed by atoms with Gasteiger partial charge in [0.05, 0.1) is 23.8 Å². The maximum atomic E-state index is 13.3. The topological polar surface area (TPSA) is 124 Å². The van der Waals surface area contributed by atoms with Crippen LogP contribution in [0.25, 0.3) is 11.0 Å². The Hall–Kier alpha value is -3.63. The van der Waals surface area contributed by atoms with Crippen LogP contribution >= 0.6 is 0 Å². The smallest absolute Gasteiger partial charge is 0.319 e. The van der Waals surface area contributed by atoms with Gasteiger partial charge in [-0.05, 0) is 54.5 Å². The van der Waals surface area contributed by atoms with E-state index in [0.717, 1.165) is 48.2 Å². The van der Waals surface area contributed by atoms with Crippen LogP contribution in [0, 0.1) is 0 Å². The number of likely N-dealkylation sites (tertiary alicyclic amines) is 1. The molecule has 4 rings (SSSR count). The number of hydrogen-bond acceptors (Lipinski definition) is 6. The number of ether oxygens (including phenoxy) is 2. The van der Waals surface area contributed by atoms with Gasteiger partial charge in [-0.3, -0.25) is 4.79 Å². The average molecular weight is 579 g/mol. The molecule has 42 heavy (non-hydrogen) atoms. The van der Waals surface area contributed by atoms with Crippen LogP contribution in [-0.2, 0) is 21.5 Å². The van der Waals surface area contributed by atoms with E-state index in [2.05, 4.69) is 42.0 Å². The zero-order valence-electron chi connectivity index (χ0n) is 25.6. The number of hydrogen-bond donors (Lipinski definition) is 3. The molecule has 0 saturated carbocycles. The summed E-state index contributed by atoms with van der Waals surface area (Å²) in [6, 6.07) is 13.0. The minimum Gasteiger partial charge on any atom is -0.495 e. The Morgan fingerprint density at radius 2 is 1.95 bits per heavy atom. The quantitative estimate of drug-likeness (QED) is 0.285. The third-order valence-corrected chi connectivity index (χ3v) is 7.83. The van der Waals surface area contributed by atoms with Gasteiger partial charge in [0.1, 0.15) is 11.6 Å². The molecular weight excluding hydrogens is 532 g/mol. The molecule has 4 N–H and O–H groups in total. The predicted octanol–water partition coefficient (Wildman–Crippen LogP) is 4.62. The number of aryl methyl sites for hydroxylation is 1. The first-order valence-electron chi connectivity index (χ1n) is 14.8. The highest BCUT2D eigenvalue weighted by atomic mass is 16.5. The van der Waals surface area contributed by atoms with E-state index in [9.17, 15) is 9.59 Å². The fraction of sp³-hybridized carbons (Fsp3) is 0.531. The Labute approximate surface area is 248 Å². The Morgan fingerprint density at radius 3 is 2.69 bits per heavy atom. The van der Waals surface area contributed by atoms with Gasteiger partial charge in [0.2, 0.25) is 5.91 Å². The SMILES string of the molecule is COCCCn1c([C@@H]2CCCN(C(=O)C[C@H](N)CNC(=O)Nc3cc(C(C)(C)C)ccc3OC)C2)nc2ccccc21. The number of methoxy groups -OCH3 is 2. The molecule has 3 amide bonds. The molecule has 2 heterocycles. The van der Waals surface area contributed by atoms with Gasteiger partial charge >= 0.3 is 6.03 Å². The number of benzene rings is 2. The fourth-order valence-electron chi connectivity index (χ4n) is 5.51. The van der Waals surface area contributed by atoms with E-state index in [1.165, 1.54) is 0 Å². The van der Waals surface area contributed by atoms with Crippen molar-refractivity contribution in [3.63, 3.8) is 0 Å². The molecule has 2 aromatic carbocycles. The number of aromatic nitrogens is 2. The van der Waals surface area contributed by atoms with Gasteiger partial charge in [0.25, 0.3) is 0 Å². The molecule has 1 saturated heterocycles. The average Bonchev–Trinajstić information content (AvgIpc) is 3.34. The van der Waals surface area contributed by atoms with E-state index in [1.807, 2.05) is 41.3 Å². The minimum absolute atomic E-state index is 0.00370. The molecule has 0 bridgehead atoms. The number of nitrogens with one attached hydrogen (secondary N) is 2. The number of piperidine rings is 1. The Bertz CT molecular complexity index is 1360. The number of nitrogens with two attached hydrogens (primary N) is 1. The zero-order valence-corrected chi connectivity index (χ0v) is 25.6. The van der Waals surface area contributed by atoms with Crippen molar-refractivity contribution in [2.45, 2.75) is 70.4 Å². The lowest BCUT2D eigenvalue weighted by atomic mass is 9.87. The lowest BCUT2D eigenvalue weighted by Gasteiger charge is -2.33. The summed E-state index contributed by atoms with van der Waals surface area (Å²) in [6.07, 6.45) is 2.93. The van der Waals surface area contributed by atoms with Gasteiger partial charge in [0, 0.05) is 58.3 Å². The fourth-order valence-corrected chi connectivity index (χ4v) is 5.51. The molecule has 1 aliphatic rings. The molecule has 228 valence electrons. The lowest BCUT2D eigenvalue weighted by Crippen LogP contribution is -2.45. The van der Waals surface area contributed by atoms with Crippen molar-refractivity contribution in [2.24, 2.45) is 5.73 Å². The molecule has 10 heteroatoms. The molecule has 0 aliphatic carbocycles. The van der Waals surface area contributed by atoms with Gasteiger partial charge in [-0.15, -0.1) is 0 Å². The second-order valence-corrected chi connectivity index (χ2v) is 12.1. The third kappa shape index (κ3) is 7.80. The van der Waals surface area contributed by atoms with Crippen LogP contribution in [0.2, 0.25) is 0 Å². The van der Waals surface area contributed by atoms with Crippen molar-refractivity contribution < 1.29 is 19.1 Å². The number of anilines is 1. The number of rotatable bonds is 11. The van der Waals surface area contributed by atoms with E-state index in [-0.39, 0.29) is 30.2 Å². The molecular formula is C32H46N6O4. The molecule has 0 spiro atoms. The van der Waals surface area contributed by atoms with Crippen LogP contribution in [0.4, 0.5) is 10.5 Å². The Kier molecular flexibility index (Phi) is 10.5. The molecule has 10 nitrogen and oxygen atoms in total. The number of fused-ring (bicyclic) bond motifs is 1. The molecule has 0 unspecified atom stereocenters. The summed E-state index contributed by atoms with van der Waals surface area (Å²) < 4.78 is 13.0. The number of nitrogens with zero attached hydrogens (tertiary/aromatic N) is 3. The largest absolute Gasteiger partial charge is 0.495 e. The number of amides is 3. The highest BCUT2D eigenvalue weighted by Gasteiger charge is 2.29. The highest BCUT2D eigenvalue weighted by molar-refractivity contribution is 5.91. The second kappa shape index (κ2) is 14.0. The standard InChI is InChI=1S/C32H46N6O4/c1-32(2,3)23-13-14-28(42-5)26(18-23)36-31(40)34-20-24(33)19-29(39)37-15-8-10-22(21-37)30-35-25-11-6-7-12-27(25)38(30)16-9-17-41-4/h6-7,11-14,18,22,24H,8-10,15-17,19-21,33H2,1-5H3,(H2,34,36,40)/t22-,24+/m1/s1. The molecule has 1 aromatic heterocycles. The van der Waals surface area contributed by atoms with E-state index < -0.39 is 12.1 Å². The van der Waals surface area contributed by atoms with Gasteiger partial charge in [-0.2, -0.15) is 0 Å². The first-order chi connectivity index (χ1) is 20.1. The number of carbonyl (C=O) groups is 2. The van der Waals surface area contributed by atoms with Crippen LogP contribution in [0.5, 0.6) is 5.75 Å². The van der Waals surface area contributed by atoms with Crippen LogP contribution in [-0.4, -0.2) is 72.9 Å². The maximum Gasteiger partial charge on any atom is 0.319 e. The Balaban J connectivity index is 1.33. The summed E-state index contributed by atoms with van der Waals surface area (Å²) >= 11 is 0. The van der Waals surface area contributed by atoms with Crippen molar-refractivity contribution in [2.75, 3.05) is 45.8 Å². The normalized spacial score (nSPS) is 16.3. The summed E-state index contributed by atoms with van der Waals surface area (Å²) in [5.74, 6) is 1.75. The second-order valence-electron chi connectivity index (χ2n) is 12.1. The van der Waals surface area contributed by atoms with Crippen LogP contribution < -0.4 is 21.1 Å². The van der Waals surface area contributed by atoms with Crippen LogP contribution in [0.3, 0.4) is 0 Å². The first kappa shape index (κ1) is 31.3. The number of imidazole rings is 1. The first-order valence-corrected chi connectivity index (χ1v) is 14.8. The number of carbonyl (C=O) groups excluding carboxylic acids is 2. The van der Waals surface area contributed by atoms with Crippen molar-refractivity contribution in [1.82, 2.24) is 19.8 Å². The van der Waals surface area contributed by atoms with E-state index in [0.29, 0.717) is 31.1 Å². The molecule has 0 radical (unpaired) electrons. The molecule has 1 aliphatic heterocycles. The Morgan fingerprint density at radius 1 is 1.17 bits per heavy atom. The number of para-hydroxylation sites is 2. The van der Waals surface area contributed by atoms with Crippen molar-refractivity contribution in [3.8, 4) is 5.75 Å². The van der Waals surface area contributed by atoms with Gasteiger partial charge in [-0.25, -0.2) is 9.78 Å². The van der Waals surface area contributed by atoms with Crippen LogP contribution in [0.15, 0.2) is 42.5 Å². The van der Waals surface area contributed by atoms with Gasteiger partial charge in [-0.1, -0.05) is 39.0 Å². The van der Waals surface area contributed by atoms with Crippen molar-refractivity contribution in [3.05, 3.63) is 53.9 Å². The van der Waals surface area contributed by atoms with Crippen molar-refractivity contribution >= 4 is 28.7 Å². The summed E-state index contributed by atoms with van der Waals surface area (Å²) in [7, 11) is 3.28. The van der Waals surface area contributed by atoms with Gasteiger partial charge < -0.3 is 35.3 Å². The third-order valence-electron chi connectivity index (χ3n) is 7.83. The van der Waals surface area contributed by atoms with E-state index >= 15 is 0 Å². The highest BCUT2D eigenvalue weighted by Crippen LogP contribution is 2.32. The van der Waals surface area contributed by atoms with Crippen LogP contribution in [0.1, 0.15) is 63.8 Å². The maximum absolute atomic E-state index is 13.3. The van der Waals surface area contributed by atoms with E-state index in [1.54, 1.807) is 14.2 Å². The van der Waals surface area contributed by atoms with E-state index in [4.69, 9.17) is 20.2 Å². The summed E-state index contributed by atoms with van der Waals surface area (Å²) in [4.78, 5) is 32.8. The summed E-state index contributed by atoms with van der Waals surface area (Å²) in [6.45, 7) is 9.31. The summed E-state index contributed by atoms with van der Waals surface area (Å²) in [5.41, 5.74) is 9.97. The zero-order chi connectivity index (χ0) is 30.3. The van der Waals surface area contributed by atoms with Crippen molar-refractivity contribution in [1.29, 1.82) is 0 Å². The lowest BCUT2D eigenvalue weighted by molar-refractivity contribution is -0.132. The monoisotopic (exact) mass is 578 g/mol. The summed E-state index contributed by atoms with van der Waals surface area (Å²) in [5, 5.41) is 5.67. The molecule has 2 atom stereocenters. The van der Waals surface area contributed by atoms with Gasteiger partial charge in [0.15, 0.2) is 0 Å². The minimum atomic E-state index is -0.509. The molecule has 3 aromatic rings. The number of urea groups is 1.